The number of aromatic nitrogens is 2. The van der Waals surface area contributed by atoms with E-state index in [9.17, 15) is 22.8 Å². The van der Waals surface area contributed by atoms with Gasteiger partial charge in [0, 0.05) is 4.88 Å². The van der Waals surface area contributed by atoms with Crippen molar-refractivity contribution in [3.05, 3.63) is 32.4 Å². The second-order valence-corrected chi connectivity index (χ2v) is 7.52. The smallest absolute Gasteiger partial charge is 0.475 e. The number of esters is 1. The first kappa shape index (κ1) is 25.5. The fourth-order valence-electron chi connectivity index (χ4n) is 1.67. The molecule has 0 bridgehead atoms. The minimum Gasteiger partial charge on any atom is -0.475 e. The number of ether oxygens (including phenoxy) is 1. The Hall–Kier alpha value is -2.58. The van der Waals surface area contributed by atoms with E-state index >= 15 is 0 Å². The van der Waals surface area contributed by atoms with Crippen molar-refractivity contribution in [1.82, 2.24) is 20.8 Å². The highest BCUT2D eigenvalue weighted by molar-refractivity contribution is 7.13. The van der Waals surface area contributed by atoms with Gasteiger partial charge in [0.1, 0.15) is 5.01 Å². The van der Waals surface area contributed by atoms with Gasteiger partial charge in [0.05, 0.1) is 25.7 Å². The highest BCUT2D eigenvalue weighted by atomic mass is 32.1. The lowest BCUT2D eigenvalue weighted by Crippen LogP contribution is -2.41. The number of nitrogens with one attached hydrogen (secondary N) is 2. The predicted octanol–water partition coefficient (Wildman–Crippen LogP) is 2.20. The number of hydrogen-bond donors (Lipinski definition) is 3. The van der Waals surface area contributed by atoms with Crippen LogP contribution in [0.1, 0.15) is 33.5 Å². The Bertz CT molecular complexity index is 827. The minimum absolute atomic E-state index is 0.0893. The molecule has 0 spiro atoms. The van der Waals surface area contributed by atoms with Gasteiger partial charge in [-0.05, 0) is 25.3 Å². The zero-order valence-electron chi connectivity index (χ0n) is 15.9. The molecule has 0 aliphatic heterocycles. The van der Waals surface area contributed by atoms with Gasteiger partial charge in [-0.1, -0.05) is 17.4 Å². The fourth-order valence-corrected chi connectivity index (χ4v) is 3.00. The van der Waals surface area contributed by atoms with Crippen LogP contribution in [0.5, 0.6) is 0 Å². The molecule has 3 N–H and O–H groups in total. The summed E-state index contributed by atoms with van der Waals surface area (Å²) in [5.41, 5.74) is 0. The molecule has 0 saturated carbocycles. The van der Waals surface area contributed by atoms with Crippen molar-refractivity contribution >= 4 is 40.5 Å². The number of halogens is 3. The number of rotatable bonds is 8. The highest BCUT2D eigenvalue weighted by Crippen LogP contribution is 2.13. The number of carbonyl (C=O) groups excluding carboxylic acids is 2. The summed E-state index contributed by atoms with van der Waals surface area (Å²) in [5.74, 6) is -3.32. The van der Waals surface area contributed by atoms with Gasteiger partial charge in [0.25, 0.3) is 0 Å². The first-order chi connectivity index (χ1) is 14.0. The standard InChI is InChI=1S/C14H18N4O3S2.C2HF3O2/c1-3-21-14(20)13-18-17-11(23-13)8-15-9(2)12(19)16-7-10-5-4-6-22-10;3-2(4,5)1(6)7/h4-6,9,15H,3,7-8H2,1-2H3,(H,16,19);(H,6,7). The van der Waals surface area contributed by atoms with Crippen molar-refractivity contribution in [3.8, 4) is 0 Å². The average molecular weight is 468 g/mol. The van der Waals surface area contributed by atoms with E-state index in [1.807, 2.05) is 17.5 Å². The van der Waals surface area contributed by atoms with E-state index in [0.29, 0.717) is 24.7 Å². The predicted molar refractivity (Wildman–Crippen MR) is 102 cm³/mol. The Morgan fingerprint density at radius 3 is 2.47 bits per heavy atom. The molecule has 2 aromatic heterocycles. The van der Waals surface area contributed by atoms with Gasteiger partial charge in [-0.15, -0.1) is 21.5 Å². The van der Waals surface area contributed by atoms with Gasteiger partial charge in [0.2, 0.25) is 10.9 Å². The normalized spacial score (nSPS) is 11.8. The zero-order valence-corrected chi connectivity index (χ0v) is 17.5. The van der Waals surface area contributed by atoms with Crippen LogP contribution in [-0.4, -0.2) is 52.0 Å². The number of carboxylic acids is 1. The molecule has 0 aromatic carbocycles. The van der Waals surface area contributed by atoms with Crippen molar-refractivity contribution in [2.75, 3.05) is 6.61 Å². The molecular formula is C16H19F3N4O5S2. The number of carboxylic acid groups (broad SMARTS) is 1. The Kier molecular flexibility index (Phi) is 10.3. The van der Waals surface area contributed by atoms with Crippen molar-refractivity contribution in [2.45, 2.75) is 39.2 Å². The number of nitrogens with zero attached hydrogens (tertiary/aromatic N) is 2. The maximum atomic E-state index is 12.0. The molecule has 30 heavy (non-hydrogen) atoms. The average Bonchev–Trinajstić information content (AvgIpc) is 3.36. The summed E-state index contributed by atoms with van der Waals surface area (Å²) in [7, 11) is 0. The molecule has 0 radical (unpaired) electrons. The maximum Gasteiger partial charge on any atom is 0.490 e. The molecule has 166 valence electrons. The highest BCUT2D eigenvalue weighted by Gasteiger charge is 2.38. The lowest BCUT2D eigenvalue weighted by Gasteiger charge is -2.12. The van der Waals surface area contributed by atoms with Crippen LogP contribution in [-0.2, 0) is 27.4 Å². The zero-order chi connectivity index (χ0) is 22.7. The number of amides is 1. The van der Waals surface area contributed by atoms with E-state index in [4.69, 9.17) is 14.6 Å². The molecule has 14 heteroatoms. The molecule has 2 aromatic rings. The van der Waals surface area contributed by atoms with Gasteiger partial charge in [0.15, 0.2) is 0 Å². The van der Waals surface area contributed by atoms with E-state index < -0.39 is 18.1 Å². The van der Waals surface area contributed by atoms with E-state index in [-0.39, 0.29) is 17.0 Å². The van der Waals surface area contributed by atoms with Crippen LogP contribution in [0.3, 0.4) is 0 Å². The maximum absolute atomic E-state index is 12.0. The van der Waals surface area contributed by atoms with Crippen molar-refractivity contribution in [2.24, 2.45) is 0 Å². The van der Waals surface area contributed by atoms with E-state index in [1.165, 1.54) is 0 Å². The third kappa shape index (κ3) is 9.28. The summed E-state index contributed by atoms with van der Waals surface area (Å²) in [6.45, 7) is 4.70. The largest absolute Gasteiger partial charge is 0.490 e. The molecule has 0 fully saturated rings. The molecule has 2 heterocycles. The van der Waals surface area contributed by atoms with Crippen LogP contribution < -0.4 is 10.6 Å². The summed E-state index contributed by atoms with van der Waals surface area (Å²) in [6, 6.07) is 3.55. The lowest BCUT2D eigenvalue weighted by atomic mass is 10.3. The second-order valence-electron chi connectivity index (χ2n) is 5.42. The molecule has 1 amide bonds. The topological polar surface area (TPSA) is 131 Å². The van der Waals surface area contributed by atoms with E-state index in [2.05, 4.69) is 20.8 Å². The van der Waals surface area contributed by atoms with Crippen molar-refractivity contribution in [1.29, 1.82) is 0 Å². The van der Waals surface area contributed by atoms with Crippen LogP contribution in [0.25, 0.3) is 0 Å². The number of carbonyl (C=O) groups is 3. The second kappa shape index (κ2) is 12.2. The first-order valence-electron chi connectivity index (χ1n) is 8.37. The van der Waals surface area contributed by atoms with Crippen LogP contribution in [0.2, 0.25) is 0 Å². The van der Waals surface area contributed by atoms with E-state index in [1.54, 1.807) is 25.2 Å². The Morgan fingerprint density at radius 1 is 1.27 bits per heavy atom. The third-order valence-corrected chi connectivity index (χ3v) is 4.91. The number of aliphatic carboxylic acids is 1. The Labute approximate surface area is 177 Å². The number of thiophene rings is 1. The number of alkyl halides is 3. The third-order valence-electron chi connectivity index (χ3n) is 3.13. The monoisotopic (exact) mass is 468 g/mol. The van der Waals surface area contributed by atoms with Crippen LogP contribution >= 0.6 is 22.7 Å². The molecule has 1 atom stereocenters. The molecule has 0 aliphatic carbocycles. The Balaban J connectivity index is 0.000000553. The van der Waals surface area contributed by atoms with Crippen LogP contribution in [0, 0.1) is 0 Å². The van der Waals surface area contributed by atoms with Gasteiger partial charge in [-0.25, -0.2) is 9.59 Å². The first-order valence-corrected chi connectivity index (χ1v) is 10.1. The van der Waals surface area contributed by atoms with Gasteiger partial charge >= 0.3 is 18.1 Å². The molecule has 0 saturated heterocycles. The van der Waals surface area contributed by atoms with Crippen LogP contribution in [0.15, 0.2) is 17.5 Å². The number of hydrogen-bond acceptors (Lipinski definition) is 9. The van der Waals surface area contributed by atoms with Crippen LogP contribution in [0.4, 0.5) is 13.2 Å². The van der Waals surface area contributed by atoms with Crippen molar-refractivity contribution in [3.63, 3.8) is 0 Å². The molecular weight excluding hydrogens is 449 g/mol. The van der Waals surface area contributed by atoms with E-state index in [0.717, 1.165) is 16.2 Å². The molecule has 9 nitrogen and oxygen atoms in total. The summed E-state index contributed by atoms with van der Waals surface area (Å²) in [6.07, 6.45) is -5.08. The fraction of sp³-hybridized carbons (Fsp3) is 0.438. The van der Waals surface area contributed by atoms with Crippen molar-refractivity contribution < 1.29 is 37.4 Å². The quantitative estimate of drug-likeness (QED) is 0.503. The Morgan fingerprint density at radius 2 is 1.93 bits per heavy atom. The summed E-state index contributed by atoms with van der Waals surface area (Å²) in [5, 5.41) is 23.6. The minimum atomic E-state index is -5.08. The SMILES string of the molecule is CCOC(=O)c1nnc(CNC(C)C(=O)NCc2cccs2)s1.O=C(O)C(F)(F)F. The van der Waals surface area contributed by atoms with Gasteiger partial charge in [-0.3, -0.25) is 10.1 Å². The molecule has 1 unspecified atom stereocenters. The van der Waals surface area contributed by atoms with Gasteiger partial charge < -0.3 is 15.2 Å². The summed E-state index contributed by atoms with van der Waals surface area (Å²) < 4.78 is 36.6. The lowest BCUT2D eigenvalue weighted by molar-refractivity contribution is -0.192. The molecule has 2 rings (SSSR count). The molecule has 0 aliphatic rings. The summed E-state index contributed by atoms with van der Waals surface area (Å²) in [4.78, 5) is 33.5. The van der Waals surface area contributed by atoms with Gasteiger partial charge in [-0.2, -0.15) is 13.2 Å². The summed E-state index contributed by atoms with van der Waals surface area (Å²) >= 11 is 2.76.